The number of amides is 1. The summed E-state index contributed by atoms with van der Waals surface area (Å²) in [7, 11) is -3.70. The van der Waals surface area contributed by atoms with Gasteiger partial charge in [0.1, 0.15) is 11.4 Å². The van der Waals surface area contributed by atoms with Crippen molar-refractivity contribution in [1.82, 2.24) is 19.4 Å². The molecule has 8 nitrogen and oxygen atoms in total. The van der Waals surface area contributed by atoms with Gasteiger partial charge in [0.05, 0.1) is 29.9 Å². The number of fused-ring (bicyclic) bond motifs is 1. The molecule has 0 radical (unpaired) electrons. The van der Waals surface area contributed by atoms with E-state index in [9.17, 15) is 13.2 Å². The first-order valence-corrected chi connectivity index (χ1v) is 10.3. The number of carbonyl (C=O) groups excluding carboxylic acids is 1. The van der Waals surface area contributed by atoms with Gasteiger partial charge < -0.3 is 14.1 Å². The smallest absolute Gasteiger partial charge is 0.251 e. The Hall–Kier alpha value is -3.43. The molecule has 0 aliphatic carbocycles. The first kappa shape index (κ1) is 18.9. The Morgan fingerprint density at radius 3 is 2.59 bits per heavy atom. The van der Waals surface area contributed by atoms with Crippen molar-refractivity contribution in [3.63, 3.8) is 0 Å². The molecule has 3 heterocycles. The highest BCUT2D eigenvalue weighted by Gasteiger charge is 2.15. The third-order valence-corrected chi connectivity index (χ3v) is 5.70. The minimum atomic E-state index is -3.70. The Bertz CT molecular complexity index is 1200. The van der Waals surface area contributed by atoms with Crippen LogP contribution in [0.4, 0.5) is 0 Å². The summed E-state index contributed by atoms with van der Waals surface area (Å²) in [5.41, 5.74) is 1.89. The molecular formula is C20H18N4O4S. The maximum atomic E-state index is 12.4. The number of imidazole rings is 1. The molecule has 0 atom stereocenters. The minimum Gasteiger partial charge on any atom is -0.468 e. The number of nitrogens with one attached hydrogen (secondary N) is 2. The van der Waals surface area contributed by atoms with Crippen LogP contribution >= 0.6 is 0 Å². The molecule has 0 spiro atoms. The SMILES string of the molecule is O=C(NCc1cn2ccccc2n1)c1ccc(S(=O)(=O)NCc2ccco2)cc1. The van der Waals surface area contributed by atoms with Crippen molar-refractivity contribution in [1.29, 1.82) is 0 Å². The summed E-state index contributed by atoms with van der Waals surface area (Å²) in [6.45, 7) is 0.321. The number of pyridine rings is 1. The highest BCUT2D eigenvalue weighted by Crippen LogP contribution is 2.12. The van der Waals surface area contributed by atoms with E-state index < -0.39 is 10.0 Å². The molecule has 0 bridgehead atoms. The highest BCUT2D eigenvalue weighted by atomic mass is 32.2. The number of hydrogen-bond donors (Lipinski definition) is 2. The summed E-state index contributed by atoms with van der Waals surface area (Å²) in [5.74, 6) is 0.200. The van der Waals surface area contributed by atoms with Crippen LogP contribution < -0.4 is 10.0 Å². The predicted molar refractivity (Wildman–Crippen MR) is 106 cm³/mol. The molecule has 9 heteroatoms. The molecule has 1 amide bonds. The molecular weight excluding hydrogens is 392 g/mol. The van der Waals surface area contributed by atoms with Gasteiger partial charge in [-0.3, -0.25) is 4.79 Å². The molecule has 29 heavy (non-hydrogen) atoms. The topological polar surface area (TPSA) is 106 Å². The lowest BCUT2D eigenvalue weighted by Gasteiger charge is -2.07. The minimum absolute atomic E-state index is 0.0522. The number of carbonyl (C=O) groups is 1. The summed E-state index contributed by atoms with van der Waals surface area (Å²) in [6.07, 6.45) is 5.20. The third kappa shape index (κ3) is 4.36. The van der Waals surface area contributed by atoms with E-state index in [4.69, 9.17) is 4.42 Å². The monoisotopic (exact) mass is 410 g/mol. The van der Waals surface area contributed by atoms with Crippen LogP contribution in [0, 0.1) is 0 Å². The Morgan fingerprint density at radius 2 is 1.86 bits per heavy atom. The van der Waals surface area contributed by atoms with Gasteiger partial charge in [-0.05, 0) is 48.5 Å². The molecule has 1 aromatic carbocycles. The maximum Gasteiger partial charge on any atom is 0.251 e. The molecule has 0 saturated carbocycles. The molecule has 0 saturated heterocycles. The van der Waals surface area contributed by atoms with Gasteiger partial charge in [0.25, 0.3) is 5.91 Å². The summed E-state index contributed by atoms with van der Waals surface area (Å²) in [5, 5.41) is 2.79. The van der Waals surface area contributed by atoms with Crippen LogP contribution in [0.15, 0.2) is 82.6 Å². The number of nitrogens with zero attached hydrogens (tertiary/aromatic N) is 2. The van der Waals surface area contributed by atoms with Gasteiger partial charge in [-0.15, -0.1) is 0 Å². The number of rotatable bonds is 7. The van der Waals surface area contributed by atoms with Gasteiger partial charge in [-0.25, -0.2) is 18.1 Å². The van der Waals surface area contributed by atoms with Gasteiger partial charge >= 0.3 is 0 Å². The van der Waals surface area contributed by atoms with Crippen molar-refractivity contribution in [2.45, 2.75) is 18.0 Å². The number of hydrogen-bond acceptors (Lipinski definition) is 5. The van der Waals surface area contributed by atoms with Crippen molar-refractivity contribution < 1.29 is 17.6 Å². The third-order valence-electron chi connectivity index (χ3n) is 4.29. The van der Waals surface area contributed by atoms with Gasteiger partial charge in [-0.2, -0.15) is 0 Å². The summed E-state index contributed by atoms with van der Waals surface area (Å²) in [4.78, 5) is 16.8. The zero-order valence-corrected chi connectivity index (χ0v) is 16.1. The van der Waals surface area contributed by atoms with Crippen molar-refractivity contribution in [2.24, 2.45) is 0 Å². The van der Waals surface area contributed by atoms with E-state index in [1.807, 2.05) is 35.0 Å². The van der Waals surface area contributed by atoms with E-state index in [0.717, 1.165) is 11.3 Å². The van der Waals surface area contributed by atoms with E-state index in [1.54, 1.807) is 12.1 Å². The van der Waals surface area contributed by atoms with Gasteiger partial charge in [0, 0.05) is 18.0 Å². The zero-order chi connectivity index (χ0) is 20.3. The van der Waals surface area contributed by atoms with Crippen LogP contribution in [0.25, 0.3) is 5.65 Å². The first-order chi connectivity index (χ1) is 14.0. The Labute approximate surface area is 167 Å². The van der Waals surface area contributed by atoms with Crippen molar-refractivity contribution in [3.8, 4) is 0 Å². The molecule has 4 rings (SSSR count). The largest absolute Gasteiger partial charge is 0.468 e. The number of furan rings is 1. The number of benzene rings is 1. The second-order valence-corrected chi connectivity index (χ2v) is 8.08. The van der Waals surface area contributed by atoms with E-state index in [-0.39, 0.29) is 23.9 Å². The van der Waals surface area contributed by atoms with Crippen LogP contribution in [0.1, 0.15) is 21.8 Å². The number of sulfonamides is 1. The van der Waals surface area contributed by atoms with E-state index >= 15 is 0 Å². The van der Waals surface area contributed by atoms with Crippen molar-refractivity contribution in [3.05, 3.63) is 90.3 Å². The predicted octanol–water partition coefficient (Wildman–Crippen LogP) is 2.34. The van der Waals surface area contributed by atoms with Crippen LogP contribution in [0.5, 0.6) is 0 Å². The Morgan fingerprint density at radius 1 is 1.03 bits per heavy atom. The lowest BCUT2D eigenvalue weighted by atomic mass is 10.2. The second kappa shape index (κ2) is 7.90. The summed E-state index contributed by atoms with van der Waals surface area (Å²) < 4.78 is 34.1. The van der Waals surface area contributed by atoms with Crippen LogP contribution in [-0.2, 0) is 23.1 Å². The van der Waals surface area contributed by atoms with Crippen molar-refractivity contribution in [2.75, 3.05) is 0 Å². The standard InChI is InChI=1S/C20H18N4O4S/c25-20(21-12-16-14-24-10-2-1-5-19(24)23-16)15-6-8-18(9-7-15)29(26,27)22-13-17-4-3-11-28-17/h1-11,14,22H,12-13H2,(H,21,25). The van der Waals surface area contributed by atoms with Crippen molar-refractivity contribution >= 4 is 21.6 Å². The zero-order valence-electron chi connectivity index (χ0n) is 15.3. The van der Waals surface area contributed by atoms with Gasteiger partial charge in [0.2, 0.25) is 10.0 Å². The number of aromatic nitrogens is 2. The second-order valence-electron chi connectivity index (χ2n) is 6.31. The fourth-order valence-electron chi connectivity index (χ4n) is 2.79. The lowest BCUT2D eigenvalue weighted by Crippen LogP contribution is -2.24. The van der Waals surface area contributed by atoms with E-state index in [1.165, 1.54) is 30.5 Å². The fraction of sp³-hybridized carbons (Fsp3) is 0.100. The van der Waals surface area contributed by atoms with Crippen LogP contribution in [0.2, 0.25) is 0 Å². The van der Waals surface area contributed by atoms with Gasteiger partial charge in [0.15, 0.2) is 0 Å². The molecule has 3 aromatic heterocycles. The lowest BCUT2D eigenvalue weighted by molar-refractivity contribution is 0.0950. The molecule has 0 fully saturated rings. The summed E-state index contributed by atoms with van der Waals surface area (Å²) in [6, 6.07) is 14.8. The highest BCUT2D eigenvalue weighted by molar-refractivity contribution is 7.89. The molecule has 0 aliphatic rings. The van der Waals surface area contributed by atoms with E-state index in [0.29, 0.717) is 11.3 Å². The fourth-order valence-corrected chi connectivity index (χ4v) is 3.79. The molecule has 4 aromatic rings. The Kier molecular flexibility index (Phi) is 5.15. The summed E-state index contributed by atoms with van der Waals surface area (Å²) >= 11 is 0. The Balaban J connectivity index is 1.38. The average Bonchev–Trinajstić information content (AvgIpc) is 3.40. The van der Waals surface area contributed by atoms with Crippen LogP contribution in [-0.4, -0.2) is 23.7 Å². The molecule has 2 N–H and O–H groups in total. The van der Waals surface area contributed by atoms with E-state index in [2.05, 4.69) is 15.0 Å². The first-order valence-electron chi connectivity index (χ1n) is 8.84. The van der Waals surface area contributed by atoms with Gasteiger partial charge in [-0.1, -0.05) is 6.07 Å². The molecule has 148 valence electrons. The molecule has 0 unspecified atom stereocenters. The molecule has 0 aliphatic heterocycles. The normalized spacial score (nSPS) is 11.6. The van der Waals surface area contributed by atoms with Crippen LogP contribution in [0.3, 0.4) is 0 Å². The maximum absolute atomic E-state index is 12.4. The quantitative estimate of drug-likeness (QED) is 0.486. The average molecular weight is 410 g/mol.